The Labute approximate surface area is 129 Å². The van der Waals surface area contributed by atoms with E-state index < -0.39 is 0 Å². The van der Waals surface area contributed by atoms with E-state index in [4.69, 9.17) is 0 Å². The molecule has 108 valence electrons. The van der Waals surface area contributed by atoms with Crippen molar-refractivity contribution in [2.45, 2.75) is 13.1 Å². The summed E-state index contributed by atoms with van der Waals surface area (Å²) in [6.45, 7) is 1.68. The van der Waals surface area contributed by atoms with E-state index in [0.717, 1.165) is 35.9 Å². The standard InChI is InChI=1S/C18H16N4/c1-2-6-15(7-3-1)18-20-16-8-10-22(13-17(16)21-18)12-14-5-4-9-19-11-14/h1-11H,12-13H2,(H,20,21). The molecule has 0 atom stereocenters. The molecule has 3 aromatic rings. The van der Waals surface area contributed by atoms with Crippen molar-refractivity contribution < 1.29 is 0 Å². The van der Waals surface area contributed by atoms with E-state index in [0.29, 0.717) is 0 Å². The van der Waals surface area contributed by atoms with Gasteiger partial charge in [0.15, 0.2) is 0 Å². The molecule has 0 fully saturated rings. The van der Waals surface area contributed by atoms with Crippen molar-refractivity contribution in [2.24, 2.45) is 0 Å². The molecule has 0 amide bonds. The van der Waals surface area contributed by atoms with Gasteiger partial charge in [0, 0.05) is 30.7 Å². The Morgan fingerprint density at radius 3 is 2.82 bits per heavy atom. The lowest BCUT2D eigenvalue weighted by Gasteiger charge is -2.22. The number of benzene rings is 1. The molecule has 0 saturated heterocycles. The molecule has 0 saturated carbocycles. The largest absolute Gasteiger partial charge is 0.367 e. The lowest BCUT2D eigenvalue weighted by molar-refractivity contribution is 0.355. The molecule has 1 aromatic carbocycles. The molecule has 4 heteroatoms. The van der Waals surface area contributed by atoms with Crippen LogP contribution in [0.3, 0.4) is 0 Å². The molecule has 1 N–H and O–H groups in total. The molecule has 4 rings (SSSR count). The molecule has 3 heterocycles. The van der Waals surface area contributed by atoms with Crippen molar-refractivity contribution in [3.05, 3.63) is 78.0 Å². The first kappa shape index (κ1) is 12.8. The summed E-state index contributed by atoms with van der Waals surface area (Å²) >= 11 is 0. The van der Waals surface area contributed by atoms with E-state index in [-0.39, 0.29) is 0 Å². The third-order valence-corrected chi connectivity index (χ3v) is 3.77. The number of nitrogens with one attached hydrogen (secondary N) is 1. The smallest absolute Gasteiger partial charge is 0.138 e. The first-order chi connectivity index (χ1) is 10.9. The minimum Gasteiger partial charge on any atom is -0.367 e. The van der Waals surface area contributed by atoms with Gasteiger partial charge in [-0.2, -0.15) is 0 Å². The van der Waals surface area contributed by atoms with Crippen molar-refractivity contribution in [1.29, 1.82) is 0 Å². The fourth-order valence-electron chi connectivity index (χ4n) is 2.68. The molecule has 1 aliphatic rings. The first-order valence-electron chi connectivity index (χ1n) is 7.34. The molecule has 1 aliphatic heterocycles. The van der Waals surface area contributed by atoms with E-state index in [9.17, 15) is 0 Å². The third-order valence-electron chi connectivity index (χ3n) is 3.77. The number of hydrogen-bond donors (Lipinski definition) is 1. The minimum atomic E-state index is 0.834. The van der Waals surface area contributed by atoms with Gasteiger partial charge in [-0.1, -0.05) is 36.4 Å². The number of fused-ring (bicyclic) bond motifs is 1. The van der Waals surface area contributed by atoms with Gasteiger partial charge in [0.05, 0.1) is 17.9 Å². The Morgan fingerprint density at radius 1 is 1.09 bits per heavy atom. The van der Waals surface area contributed by atoms with Crippen LogP contribution in [0.4, 0.5) is 0 Å². The molecule has 0 radical (unpaired) electrons. The highest BCUT2D eigenvalue weighted by Crippen LogP contribution is 2.23. The SMILES string of the molecule is C1=CN(Cc2cccnc2)Cc2[nH]c(-c3ccccc3)nc21. The van der Waals surface area contributed by atoms with E-state index in [2.05, 4.69) is 50.3 Å². The van der Waals surface area contributed by atoms with Gasteiger partial charge in [-0.05, 0) is 17.7 Å². The number of hydrogen-bond acceptors (Lipinski definition) is 3. The van der Waals surface area contributed by atoms with Crippen molar-refractivity contribution in [2.75, 3.05) is 0 Å². The second kappa shape index (κ2) is 5.48. The molecular weight excluding hydrogens is 272 g/mol. The maximum Gasteiger partial charge on any atom is 0.138 e. The Hall–Kier alpha value is -2.88. The summed E-state index contributed by atoms with van der Waals surface area (Å²) in [4.78, 5) is 14.6. The molecule has 4 nitrogen and oxygen atoms in total. The highest BCUT2D eigenvalue weighted by Gasteiger charge is 2.16. The van der Waals surface area contributed by atoms with Gasteiger partial charge in [0.25, 0.3) is 0 Å². The zero-order chi connectivity index (χ0) is 14.8. The van der Waals surface area contributed by atoms with Crippen LogP contribution in [-0.4, -0.2) is 19.9 Å². The number of pyridine rings is 1. The van der Waals surface area contributed by atoms with Crippen molar-refractivity contribution >= 4 is 6.08 Å². The van der Waals surface area contributed by atoms with Crippen LogP contribution >= 0.6 is 0 Å². The average Bonchev–Trinajstić information content (AvgIpc) is 3.00. The lowest BCUT2D eigenvalue weighted by Crippen LogP contribution is -2.19. The first-order valence-corrected chi connectivity index (χ1v) is 7.34. The molecular formula is C18H16N4. The topological polar surface area (TPSA) is 44.8 Å². The minimum absolute atomic E-state index is 0.834. The van der Waals surface area contributed by atoms with Gasteiger partial charge in [0.1, 0.15) is 5.82 Å². The van der Waals surface area contributed by atoms with E-state index in [1.165, 1.54) is 5.56 Å². The van der Waals surface area contributed by atoms with Gasteiger partial charge in [0.2, 0.25) is 0 Å². The molecule has 0 spiro atoms. The van der Waals surface area contributed by atoms with Crippen LogP contribution in [0.2, 0.25) is 0 Å². The number of aromatic nitrogens is 3. The predicted octanol–water partition coefficient (Wildman–Crippen LogP) is 3.46. The number of imidazole rings is 1. The maximum absolute atomic E-state index is 4.68. The Bertz CT molecular complexity index is 790. The van der Waals surface area contributed by atoms with Gasteiger partial charge in [-0.3, -0.25) is 4.98 Å². The third kappa shape index (κ3) is 2.51. The molecule has 22 heavy (non-hydrogen) atoms. The summed E-state index contributed by atoms with van der Waals surface area (Å²) in [5.41, 5.74) is 4.51. The quantitative estimate of drug-likeness (QED) is 0.802. The summed E-state index contributed by atoms with van der Waals surface area (Å²) < 4.78 is 0. The average molecular weight is 288 g/mol. The summed E-state index contributed by atoms with van der Waals surface area (Å²) in [7, 11) is 0. The van der Waals surface area contributed by atoms with Crippen LogP contribution in [0, 0.1) is 0 Å². The molecule has 0 bridgehead atoms. The van der Waals surface area contributed by atoms with Crippen LogP contribution in [-0.2, 0) is 13.1 Å². The van der Waals surface area contributed by atoms with Gasteiger partial charge >= 0.3 is 0 Å². The predicted molar refractivity (Wildman–Crippen MR) is 86.5 cm³/mol. The van der Waals surface area contributed by atoms with Gasteiger partial charge in [-0.25, -0.2) is 4.98 Å². The van der Waals surface area contributed by atoms with E-state index in [1.807, 2.05) is 30.5 Å². The van der Waals surface area contributed by atoms with Gasteiger partial charge in [-0.15, -0.1) is 0 Å². The Kier molecular flexibility index (Phi) is 3.20. The summed E-state index contributed by atoms with van der Waals surface area (Å²) in [5, 5.41) is 0. The molecule has 2 aromatic heterocycles. The second-order valence-electron chi connectivity index (χ2n) is 5.40. The summed E-state index contributed by atoms with van der Waals surface area (Å²) in [6.07, 6.45) is 7.88. The van der Waals surface area contributed by atoms with Crippen LogP contribution in [0.15, 0.2) is 61.1 Å². The van der Waals surface area contributed by atoms with Crippen LogP contribution in [0.1, 0.15) is 17.0 Å². The van der Waals surface area contributed by atoms with Gasteiger partial charge < -0.3 is 9.88 Å². The lowest BCUT2D eigenvalue weighted by atomic mass is 10.2. The molecule has 0 aliphatic carbocycles. The molecule has 0 unspecified atom stereocenters. The van der Waals surface area contributed by atoms with E-state index >= 15 is 0 Å². The Morgan fingerprint density at radius 2 is 2.00 bits per heavy atom. The van der Waals surface area contributed by atoms with Crippen molar-refractivity contribution in [1.82, 2.24) is 19.9 Å². The zero-order valence-corrected chi connectivity index (χ0v) is 12.1. The normalized spacial score (nSPS) is 13.2. The summed E-state index contributed by atoms with van der Waals surface area (Å²) in [5.74, 6) is 0.929. The van der Waals surface area contributed by atoms with Crippen LogP contribution in [0.25, 0.3) is 17.5 Å². The number of aromatic amines is 1. The fourth-order valence-corrected chi connectivity index (χ4v) is 2.68. The van der Waals surface area contributed by atoms with Crippen LogP contribution in [0.5, 0.6) is 0 Å². The monoisotopic (exact) mass is 288 g/mol. The second-order valence-corrected chi connectivity index (χ2v) is 5.40. The zero-order valence-electron chi connectivity index (χ0n) is 12.1. The van der Waals surface area contributed by atoms with Crippen molar-refractivity contribution in [3.63, 3.8) is 0 Å². The van der Waals surface area contributed by atoms with Crippen LogP contribution < -0.4 is 0 Å². The van der Waals surface area contributed by atoms with Crippen molar-refractivity contribution in [3.8, 4) is 11.4 Å². The number of nitrogens with zero attached hydrogens (tertiary/aromatic N) is 3. The highest BCUT2D eigenvalue weighted by molar-refractivity contribution is 5.60. The number of rotatable bonds is 3. The number of H-pyrrole nitrogens is 1. The highest BCUT2D eigenvalue weighted by atomic mass is 15.1. The maximum atomic E-state index is 4.68. The summed E-state index contributed by atoms with van der Waals surface area (Å²) in [6, 6.07) is 14.3. The fraction of sp³-hybridized carbons (Fsp3) is 0.111. The van der Waals surface area contributed by atoms with E-state index in [1.54, 1.807) is 6.20 Å². The Balaban J connectivity index is 1.55.